The van der Waals surface area contributed by atoms with Crippen LogP contribution in [0.5, 0.6) is 0 Å². The van der Waals surface area contributed by atoms with Gasteiger partial charge >= 0.3 is 5.97 Å². The van der Waals surface area contributed by atoms with Crippen LogP contribution in [0.4, 0.5) is 11.4 Å². The third-order valence-electron chi connectivity index (χ3n) is 4.92. The molecular weight excluding hydrogens is 396 g/mol. The molecule has 0 saturated carbocycles. The van der Waals surface area contributed by atoms with E-state index in [0.29, 0.717) is 5.69 Å². The van der Waals surface area contributed by atoms with E-state index in [-0.39, 0.29) is 29.0 Å². The maximum absolute atomic E-state index is 12.8. The molecule has 2 rings (SSSR count). The van der Waals surface area contributed by atoms with Crippen molar-refractivity contribution in [1.82, 2.24) is 0 Å². The monoisotopic (exact) mass is 424 g/mol. The minimum atomic E-state index is -0.476. The van der Waals surface area contributed by atoms with Crippen LogP contribution in [0.2, 0.25) is 0 Å². The Labute approximate surface area is 182 Å². The Hall–Kier alpha value is -3.48. The summed E-state index contributed by atoms with van der Waals surface area (Å²) in [6.07, 6.45) is 0.778. The topological polar surface area (TPSA) is 102 Å². The maximum Gasteiger partial charge on any atom is 0.314 e. The van der Waals surface area contributed by atoms with Gasteiger partial charge in [-0.15, -0.1) is 0 Å². The number of ether oxygens (including phenoxy) is 1. The highest BCUT2D eigenvalue weighted by atomic mass is 16.5. The molecular formula is C24H28N2O5. The van der Waals surface area contributed by atoms with Gasteiger partial charge in [0.05, 0.1) is 11.6 Å². The Morgan fingerprint density at radius 2 is 1.58 bits per heavy atom. The summed E-state index contributed by atoms with van der Waals surface area (Å²) in [5.41, 5.74) is 1.71. The molecule has 31 heavy (non-hydrogen) atoms. The molecule has 2 N–H and O–H groups in total. The zero-order valence-electron chi connectivity index (χ0n) is 18.2. The first-order chi connectivity index (χ1) is 14.7. The zero-order valence-corrected chi connectivity index (χ0v) is 18.2. The third kappa shape index (κ3) is 6.77. The van der Waals surface area contributed by atoms with Crippen molar-refractivity contribution in [2.24, 2.45) is 5.92 Å². The highest BCUT2D eigenvalue weighted by Crippen LogP contribution is 2.28. The highest BCUT2D eigenvalue weighted by molar-refractivity contribution is 6.06. The van der Waals surface area contributed by atoms with E-state index in [1.54, 1.807) is 6.07 Å². The van der Waals surface area contributed by atoms with Gasteiger partial charge < -0.3 is 15.4 Å². The summed E-state index contributed by atoms with van der Waals surface area (Å²) in [6, 6.07) is 13.9. The lowest BCUT2D eigenvalue weighted by Gasteiger charge is -2.22. The Morgan fingerprint density at radius 3 is 2.16 bits per heavy atom. The summed E-state index contributed by atoms with van der Waals surface area (Å²) >= 11 is 0. The lowest BCUT2D eigenvalue weighted by atomic mass is 9.85. The second-order valence-corrected chi connectivity index (χ2v) is 7.43. The van der Waals surface area contributed by atoms with Crippen LogP contribution in [-0.4, -0.2) is 30.2 Å². The standard InChI is InChI=1S/C24H28N2O5/c1-5-15(2)23(18-9-7-6-8-10-18)24(30)31-14-22(29)20-12-11-19(25-16(3)27)13-21(20)26-17(4)28/h6-13,15,23H,5,14H2,1-4H3,(H,25,27)(H,26,28)/t15-,23-/m1/s1. The second kappa shape index (κ2) is 11.1. The molecule has 0 saturated heterocycles. The molecule has 2 aromatic carbocycles. The van der Waals surface area contributed by atoms with Gasteiger partial charge in [-0.1, -0.05) is 50.6 Å². The normalized spacial score (nSPS) is 12.4. The van der Waals surface area contributed by atoms with E-state index >= 15 is 0 Å². The SMILES string of the molecule is CC[C@@H](C)[C@@H](C(=O)OCC(=O)c1ccc(NC(C)=O)cc1NC(C)=O)c1ccccc1. The van der Waals surface area contributed by atoms with Gasteiger partial charge in [-0.3, -0.25) is 19.2 Å². The van der Waals surface area contributed by atoms with Crippen LogP contribution in [-0.2, 0) is 19.1 Å². The smallest absolute Gasteiger partial charge is 0.314 e. The fraction of sp³-hybridized carbons (Fsp3) is 0.333. The average molecular weight is 424 g/mol. The molecule has 0 aliphatic rings. The lowest BCUT2D eigenvalue weighted by Crippen LogP contribution is -2.25. The first-order valence-corrected chi connectivity index (χ1v) is 10.2. The van der Waals surface area contributed by atoms with Gasteiger partial charge in [-0.25, -0.2) is 0 Å². The van der Waals surface area contributed by atoms with Crippen LogP contribution in [0.1, 0.15) is 56.0 Å². The van der Waals surface area contributed by atoms with Gasteiger partial charge in [-0.2, -0.15) is 0 Å². The minimum Gasteiger partial charge on any atom is -0.457 e. The Bertz CT molecular complexity index is 956. The molecule has 2 aromatic rings. The van der Waals surface area contributed by atoms with Crippen molar-refractivity contribution in [2.45, 2.75) is 40.0 Å². The number of Topliss-reactive ketones (excluding diaryl/α,β-unsaturated/α-hetero) is 1. The third-order valence-corrected chi connectivity index (χ3v) is 4.92. The maximum atomic E-state index is 12.8. The van der Waals surface area contributed by atoms with E-state index in [1.807, 2.05) is 44.2 Å². The number of hydrogen-bond acceptors (Lipinski definition) is 5. The van der Waals surface area contributed by atoms with E-state index in [0.717, 1.165) is 12.0 Å². The summed E-state index contributed by atoms with van der Waals surface area (Å²) in [6.45, 7) is 6.18. The molecule has 0 spiro atoms. The number of amides is 2. The zero-order chi connectivity index (χ0) is 23.0. The van der Waals surface area contributed by atoms with Crippen LogP contribution in [0, 0.1) is 5.92 Å². The van der Waals surface area contributed by atoms with Crippen LogP contribution in [0.3, 0.4) is 0 Å². The quantitative estimate of drug-likeness (QED) is 0.465. The van der Waals surface area contributed by atoms with Crippen LogP contribution in [0.25, 0.3) is 0 Å². The van der Waals surface area contributed by atoms with Gasteiger partial charge in [0, 0.05) is 25.1 Å². The summed E-state index contributed by atoms with van der Waals surface area (Å²) in [7, 11) is 0. The number of rotatable bonds is 9. The van der Waals surface area contributed by atoms with Crippen LogP contribution in [0.15, 0.2) is 48.5 Å². The first kappa shape index (κ1) is 23.8. The highest BCUT2D eigenvalue weighted by Gasteiger charge is 2.28. The number of nitrogens with one attached hydrogen (secondary N) is 2. The predicted octanol–water partition coefficient (Wildman–Crippen LogP) is 4.16. The van der Waals surface area contributed by atoms with E-state index in [1.165, 1.54) is 26.0 Å². The average Bonchev–Trinajstić information content (AvgIpc) is 2.72. The Morgan fingerprint density at radius 1 is 0.935 bits per heavy atom. The molecule has 7 heteroatoms. The number of hydrogen-bond donors (Lipinski definition) is 2. The van der Waals surface area contributed by atoms with E-state index in [2.05, 4.69) is 10.6 Å². The summed E-state index contributed by atoms with van der Waals surface area (Å²) in [4.78, 5) is 48.4. The van der Waals surface area contributed by atoms with Crippen molar-refractivity contribution in [3.05, 3.63) is 59.7 Å². The van der Waals surface area contributed by atoms with E-state index in [9.17, 15) is 19.2 Å². The van der Waals surface area contributed by atoms with Gasteiger partial charge in [-0.05, 0) is 29.7 Å². The molecule has 0 bridgehead atoms. The molecule has 0 aliphatic carbocycles. The fourth-order valence-corrected chi connectivity index (χ4v) is 3.26. The number of carbonyl (C=O) groups excluding carboxylic acids is 4. The minimum absolute atomic E-state index is 0.0388. The second-order valence-electron chi connectivity index (χ2n) is 7.43. The number of anilines is 2. The molecule has 7 nitrogen and oxygen atoms in total. The van der Waals surface area contributed by atoms with E-state index in [4.69, 9.17) is 4.74 Å². The number of ketones is 1. The molecule has 0 aromatic heterocycles. The Kier molecular flexibility index (Phi) is 8.49. The van der Waals surface area contributed by atoms with Gasteiger partial charge in [0.15, 0.2) is 6.61 Å². The molecule has 2 atom stereocenters. The van der Waals surface area contributed by atoms with Crippen molar-refractivity contribution < 1.29 is 23.9 Å². The summed E-state index contributed by atoms with van der Waals surface area (Å²) < 4.78 is 5.38. The Balaban J connectivity index is 2.19. The van der Waals surface area contributed by atoms with Crippen molar-refractivity contribution in [2.75, 3.05) is 17.2 Å². The van der Waals surface area contributed by atoms with Gasteiger partial charge in [0.1, 0.15) is 0 Å². The van der Waals surface area contributed by atoms with Crippen molar-refractivity contribution in [3.8, 4) is 0 Å². The van der Waals surface area contributed by atoms with Crippen LogP contribution >= 0.6 is 0 Å². The number of esters is 1. The number of benzene rings is 2. The largest absolute Gasteiger partial charge is 0.457 e. The molecule has 2 amide bonds. The lowest BCUT2D eigenvalue weighted by molar-refractivity contribution is -0.145. The number of carbonyl (C=O) groups is 4. The van der Waals surface area contributed by atoms with Gasteiger partial charge in [0.25, 0.3) is 0 Å². The van der Waals surface area contributed by atoms with Crippen molar-refractivity contribution in [3.63, 3.8) is 0 Å². The van der Waals surface area contributed by atoms with Crippen molar-refractivity contribution in [1.29, 1.82) is 0 Å². The predicted molar refractivity (Wildman–Crippen MR) is 119 cm³/mol. The fourth-order valence-electron chi connectivity index (χ4n) is 3.26. The van der Waals surface area contributed by atoms with Crippen LogP contribution < -0.4 is 10.6 Å². The molecule has 0 radical (unpaired) electrons. The van der Waals surface area contributed by atoms with Gasteiger partial charge in [0.2, 0.25) is 17.6 Å². The summed E-state index contributed by atoms with van der Waals surface area (Å²) in [5, 5.41) is 5.18. The summed E-state index contributed by atoms with van der Waals surface area (Å²) in [5.74, 6) is -2.01. The molecule has 0 heterocycles. The molecule has 164 valence electrons. The molecule has 0 aliphatic heterocycles. The first-order valence-electron chi connectivity index (χ1n) is 10.2. The van der Waals surface area contributed by atoms with Crippen molar-refractivity contribution >= 4 is 34.9 Å². The molecule has 0 fully saturated rings. The molecule has 0 unspecified atom stereocenters. The van der Waals surface area contributed by atoms with E-state index < -0.39 is 24.3 Å².